The van der Waals surface area contributed by atoms with Gasteiger partial charge in [0.2, 0.25) is 5.91 Å². The van der Waals surface area contributed by atoms with E-state index in [9.17, 15) is 9.59 Å². The van der Waals surface area contributed by atoms with Crippen LogP contribution in [0.25, 0.3) is 16.6 Å². The summed E-state index contributed by atoms with van der Waals surface area (Å²) < 4.78 is 1.63. The van der Waals surface area contributed by atoms with Crippen LogP contribution >= 0.6 is 11.6 Å². The van der Waals surface area contributed by atoms with E-state index in [0.29, 0.717) is 34.0 Å². The van der Waals surface area contributed by atoms with Gasteiger partial charge in [-0.2, -0.15) is 0 Å². The molecule has 5 nitrogen and oxygen atoms in total. The second kappa shape index (κ2) is 10.5. The molecule has 0 radical (unpaired) electrons. The second-order valence-corrected chi connectivity index (χ2v) is 9.44. The van der Waals surface area contributed by atoms with Crippen LogP contribution in [-0.2, 0) is 4.79 Å². The van der Waals surface area contributed by atoms with Crippen LogP contribution in [0.15, 0.2) is 53.3 Å². The van der Waals surface area contributed by atoms with Crippen molar-refractivity contribution >= 4 is 28.4 Å². The minimum atomic E-state index is -0.345. The second-order valence-electron chi connectivity index (χ2n) is 9.00. The lowest BCUT2D eigenvalue weighted by Crippen LogP contribution is -2.41. The quantitative estimate of drug-likeness (QED) is 0.411. The average molecular weight is 466 g/mol. The Morgan fingerprint density at radius 1 is 1.15 bits per heavy atom. The van der Waals surface area contributed by atoms with E-state index in [1.54, 1.807) is 22.8 Å². The molecule has 4 rings (SSSR count). The van der Waals surface area contributed by atoms with E-state index >= 15 is 0 Å². The highest BCUT2D eigenvalue weighted by atomic mass is 35.5. The number of nitrogens with zero attached hydrogens (tertiary/aromatic N) is 3. The zero-order valence-corrected chi connectivity index (χ0v) is 20.2. The zero-order chi connectivity index (χ0) is 23.4. The summed E-state index contributed by atoms with van der Waals surface area (Å²) in [4.78, 5) is 34.2. The fraction of sp³-hybridized carbons (Fsp3) is 0.444. The van der Waals surface area contributed by atoms with Crippen LogP contribution in [0.1, 0.15) is 70.7 Å². The third-order valence-electron chi connectivity index (χ3n) is 6.70. The Bertz CT molecular complexity index is 1180. The predicted molar refractivity (Wildman–Crippen MR) is 134 cm³/mol. The molecule has 1 heterocycles. The molecule has 1 aliphatic rings. The van der Waals surface area contributed by atoms with Gasteiger partial charge < -0.3 is 4.90 Å². The monoisotopic (exact) mass is 465 g/mol. The Morgan fingerprint density at radius 3 is 2.64 bits per heavy atom. The van der Waals surface area contributed by atoms with Crippen LogP contribution in [-0.4, -0.2) is 26.9 Å². The molecular formula is C27H32ClN3O2. The molecule has 33 heavy (non-hydrogen) atoms. The van der Waals surface area contributed by atoms with Gasteiger partial charge in [0.25, 0.3) is 5.56 Å². The lowest BCUT2D eigenvalue weighted by atomic mass is 9.88. The number of carbonyl (C=O) groups excluding carboxylic acids is 1. The lowest BCUT2D eigenvalue weighted by Gasteiger charge is -2.34. The van der Waals surface area contributed by atoms with Gasteiger partial charge in [0.15, 0.2) is 0 Å². The van der Waals surface area contributed by atoms with Gasteiger partial charge in [-0.05, 0) is 56.5 Å². The van der Waals surface area contributed by atoms with Gasteiger partial charge >= 0.3 is 0 Å². The Kier molecular flexibility index (Phi) is 7.49. The first kappa shape index (κ1) is 23.5. The first-order chi connectivity index (χ1) is 16.0. The molecule has 1 saturated carbocycles. The van der Waals surface area contributed by atoms with E-state index in [1.165, 1.54) is 6.42 Å². The molecule has 2 aromatic carbocycles. The van der Waals surface area contributed by atoms with Crippen LogP contribution in [0, 0.1) is 5.92 Å². The zero-order valence-electron chi connectivity index (χ0n) is 19.5. The molecule has 0 aliphatic heterocycles. The number of benzene rings is 2. The number of hydrogen-bond donors (Lipinski definition) is 0. The number of fused-ring (bicyclic) bond motifs is 1. The van der Waals surface area contributed by atoms with E-state index in [2.05, 4.69) is 6.92 Å². The van der Waals surface area contributed by atoms with Crippen molar-refractivity contribution in [2.24, 2.45) is 5.92 Å². The van der Waals surface area contributed by atoms with Crippen molar-refractivity contribution in [1.29, 1.82) is 0 Å². The molecule has 1 fully saturated rings. The predicted octanol–water partition coefficient (Wildman–Crippen LogP) is 6.31. The van der Waals surface area contributed by atoms with Crippen molar-refractivity contribution < 1.29 is 4.79 Å². The highest BCUT2D eigenvalue weighted by Crippen LogP contribution is 2.30. The molecule has 3 aromatic rings. The molecule has 1 aromatic heterocycles. The maximum absolute atomic E-state index is 13.7. The number of rotatable bonds is 7. The fourth-order valence-corrected chi connectivity index (χ4v) is 5.03. The number of hydrogen-bond acceptors (Lipinski definition) is 3. The van der Waals surface area contributed by atoms with Crippen molar-refractivity contribution in [3.8, 4) is 5.69 Å². The van der Waals surface area contributed by atoms with E-state index in [4.69, 9.17) is 16.6 Å². The van der Waals surface area contributed by atoms with Crippen LogP contribution in [0.3, 0.4) is 0 Å². The molecule has 1 unspecified atom stereocenters. The third-order valence-corrected chi connectivity index (χ3v) is 6.93. The summed E-state index contributed by atoms with van der Waals surface area (Å²) >= 11 is 6.28. The molecule has 0 saturated heterocycles. The summed E-state index contributed by atoms with van der Waals surface area (Å²) in [6, 6.07) is 14.3. The van der Waals surface area contributed by atoms with Crippen LogP contribution in [0.2, 0.25) is 5.02 Å². The average Bonchev–Trinajstić information content (AvgIpc) is 2.84. The molecule has 174 valence electrons. The highest BCUT2D eigenvalue weighted by Gasteiger charge is 2.31. The van der Waals surface area contributed by atoms with Gasteiger partial charge in [-0.25, -0.2) is 4.98 Å². The SMILES string of the molecule is CCCCN(C(=O)C1CCCCC1)C(C)c1nc2ccccc2c(=O)n1-c1cccc(Cl)c1. The van der Waals surface area contributed by atoms with E-state index < -0.39 is 0 Å². The number of aromatic nitrogens is 2. The molecule has 1 aliphatic carbocycles. The van der Waals surface area contributed by atoms with Gasteiger partial charge in [0.05, 0.1) is 22.6 Å². The first-order valence-electron chi connectivity index (χ1n) is 12.1. The Labute approximate surface area is 200 Å². The Hall–Kier alpha value is -2.66. The van der Waals surface area contributed by atoms with Gasteiger partial charge in [-0.15, -0.1) is 0 Å². The minimum absolute atomic E-state index is 0.0601. The summed E-state index contributed by atoms with van der Waals surface area (Å²) in [5, 5.41) is 1.10. The number of unbranched alkanes of at least 4 members (excludes halogenated alkanes) is 1. The molecular weight excluding hydrogens is 434 g/mol. The van der Waals surface area contributed by atoms with Crippen LogP contribution < -0.4 is 5.56 Å². The molecule has 0 N–H and O–H groups in total. The van der Waals surface area contributed by atoms with Gasteiger partial charge in [0.1, 0.15) is 5.82 Å². The smallest absolute Gasteiger partial charge is 0.266 e. The van der Waals surface area contributed by atoms with E-state index in [0.717, 1.165) is 38.5 Å². The maximum atomic E-state index is 13.7. The molecule has 1 amide bonds. The van der Waals surface area contributed by atoms with Gasteiger partial charge in [-0.3, -0.25) is 14.2 Å². The largest absolute Gasteiger partial charge is 0.333 e. The summed E-state index contributed by atoms with van der Waals surface area (Å²) in [6.07, 6.45) is 7.21. The minimum Gasteiger partial charge on any atom is -0.333 e. The van der Waals surface area contributed by atoms with Crippen LogP contribution in [0.5, 0.6) is 0 Å². The molecule has 1 atom stereocenters. The van der Waals surface area contributed by atoms with E-state index in [1.807, 2.05) is 42.2 Å². The Morgan fingerprint density at radius 2 is 1.91 bits per heavy atom. The van der Waals surface area contributed by atoms with Crippen molar-refractivity contribution in [2.75, 3.05) is 6.54 Å². The highest BCUT2D eigenvalue weighted by molar-refractivity contribution is 6.30. The summed E-state index contributed by atoms with van der Waals surface area (Å²) in [5.74, 6) is 0.821. The maximum Gasteiger partial charge on any atom is 0.266 e. The van der Waals surface area contributed by atoms with Gasteiger partial charge in [0, 0.05) is 17.5 Å². The number of carbonyl (C=O) groups is 1. The number of amides is 1. The number of para-hydroxylation sites is 1. The number of halogens is 1. The first-order valence-corrected chi connectivity index (χ1v) is 12.5. The van der Waals surface area contributed by atoms with Crippen molar-refractivity contribution in [3.05, 3.63) is 69.7 Å². The standard InChI is InChI=1S/C27H32ClN3O2/c1-3-4-17-30(26(32)20-11-6-5-7-12-20)19(2)25-29-24-16-9-8-15-23(24)27(33)31(25)22-14-10-13-21(28)18-22/h8-10,13-16,18-20H,3-7,11-12,17H2,1-2H3. The molecule has 0 bridgehead atoms. The lowest BCUT2D eigenvalue weighted by molar-refractivity contribution is -0.139. The summed E-state index contributed by atoms with van der Waals surface area (Å²) in [5.41, 5.74) is 1.15. The third kappa shape index (κ3) is 4.98. The van der Waals surface area contributed by atoms with Crippen molar-refractivity contribution in [1.82, 2.24) is 14.5 Å². The fourth-order valence-electron chi connectivity index (χ4n) is 4.84. The van der Waals surface area contributed by atoms with Crippen LogP contribution in [0.4, 0.5) is 0 Å². The summed E-state index contributed by atoms with van der Waals surface area (Å²) in [6.45, 7) is 4.78. The topological polar surface area (TPSA) is 55.2 Å². The van der Waals surface area contributed by atoms with Gasteiger partial charge in [-0.1, -0.05) is 62.4 Å². The molecule has 0 spiro atoms. The van der Waals surface area contributed by atoms with E-state index in [-0.39, 0.29) is 23.4 Å². The normalized spacial score (nSPS) is 15.5. The van der Waals surface area contributed by atoms with Crippen molar-refractivity contribution in [2.45, 2.75) is 64.8 Å². The molecule has 6 heteroatoms. The Balaban J connectivity index is 1.85. The van der Waals surface area contributed by atoms with Crippen molar-refractivity contribution in [3.63, 3.8) is 0 Å². The summed E-state index contributed by atoms with van der Waals surface area (Å²) in [7, 11) is 0.